The molecule has 2 amide bonds. The molecule has 0 radical (unpaired) electrons. The van der Waals surface area contributed by atoms with E-state index in [0.717, 1.165) is 6.07 Å². The lowest BCUT2D eigenvalue weighted by atomic mass is 10.1. The zero-order chi connectivity index (χ0) is 17.7. The van der Waals surface area contributed by atoms with Crippen molar-refractivity contribution in [1.29, 1.82) is 0 Å². The van der Waals surface area contributed by atoms with Crippen molar-refractivity contribution in [2.24, 2.45) is 0 Å². The number of urea groups is 1. The minimum Gasteiger partial charge on any atom is -0.497 e. The number of nitrogens with one attached hydrogen (secondary N) is 2. The van der Waals surface area contributed by atoms with Crippen LogP contribution in [0.5, 0.6) is 11.5 Å². The predicted molar refractivity (Wildman–Crippen MR) is 83.6 cm³/mol. The van der Waals surface area contributed by atoms with Crippen LogP contribution >= 0.6 is 0 Å². The van der Waals surface area contributed by atoms with Gasteiger partial charge in [-0.25, -0.2) is 4.79 Å². The summed E-state index contributed by atoms with van der Waals surface area (Å²) in [5, 5.41) is 4.63. The van der Waals surface area contributed by atoms with Crippen LogP contribution < -0.4 is 20.1 Å². The van der Waals surface area contributed by atoms with Gasteiger partial charge in [-0.3, -0.25) is 0 Å². The summed E-state index contributed by atoms with van der Waals surface area (Å²) in [6.07, 6.45) is -4.57. The summed E-state index contributed by atoms with van der Waals surface area (Å²) in [5.41, 5.74) is -0.975. The lowest BCUT2D eigenvalue weighted by Crippen LogP contribution is -2.22. The Morgan fingerprint density at radius 1 is 0.958 bits per heavy atom. The standard InChI is InChI=1S/C16H15F3N2O3/c1-23-10-7-8-13(14(9-10)24-2)21-15(22)20-12-6-4-3-5-11(12)16(17,18)19/h3-9H,1-2H3,(H2,20,21,22). The summed E-state index contributed by atoms with van der Waals surface area (Å²) >= 11 is 0. The number of rotatable bonds is 4. The summed E-state index contributed by atoms with van der Waals surface area (Å²) in [6, 6.07) is 8.54. The number of ether oxygens (including phenoxy) is 2. The zero-order valence-electron chi connectivity index (χ0n) is 12.9. The number of hydrogen-bond acceptors (Lipinski definition) is 3. The van der Waals surface area contributed by atoms with E-state index in [1.165, 1.54) is 38.5 Å². The number of carbonyl (C=O) groups is 1. The molecule has 0 spiro atoms. The molecule has 0 aliphatic rings. The molecule has 5 nitrogen and oxygen atoms in total. The molecule has 0 bridgehead atoms. The van der Waals surface area contributed by atoms with Gasteiger partial charge >= 0.3 is 12.2 Å². The molecule has 2 aromatic rings. The van der Waals surface area contributed by atoms with Gasteiger partial charge in [-0.1, -0.05) is 12.1 Å². The topological polar surface area (TPSA) is 59.6 Å². The number of amides is 2. The van der Waals surface area contributed by atoms with Crippen LogP contribution in [0.25, 0.3) is 0 Å². The number of hydrogen-bond donors (Lipinski definition) is 2. The van der Waals surface area contributed by atoms with Gasteiger partial charge in [0.2, 0.25) is 0 Å². The zero-order valence-corrected chi connectivity index (χ0v) is 12.9. The maximum Gasteiger partial charge on any atom is 0.418 e. The third-order valence-corrected chi connectivity index (χ3v) is 3.14. The maximum atomic E-state index is 12.9. The molecule has 2 rings (SSSR count). The first kappa shape index (κ1) is 17.5. The van der Waals surface area contributed by atoms with Crippen molar-refractivity contribution in [2.45, 2.75) is 6.18 Å². The quantitative estimate of drug-likeness (QED) is 0.869. The van der Waals surface area contributed by atoms with E-state index in [-0.39, 0.29) is 5.69 Å². The number of para-hydroxylation sites is 1. The van der Waals surface area contributed by atoms with Gasteiger partial charge in [0.05, 0.1) is 31.2 Å². The monoisotopic (exact) mass is 340 g/mol. The van der Waals surface area contributed by atoms with Gasteiger partial charge in [-0.15, -0.1) is 0 Å². The van der Waals surface area contributed by atoms with Crippen LogP contribution in [0, 0.1) is 0 Å². The summed E-state index contributed by atoms with van der Waals surface area (Å²) in [7, 11) is 2.87. The normalized spacial score (nSPS) is 10.9. The lowest BCUT2D eigenvalue weighted by Gasteiger charge is -2.15. The summed E-state index contributed by atoms with van der Waals surface area (Å²) in [4.78, 5) is 12.0. The van der Waals surface area contributed by atoms with Gasteiger partial charge in [-0.2, -0.15) is 13.2 Å². The Kier molecular flexibility index (Phi) is 5.18. The van der Waals surface area contributed by atoms with Crippen LogP contribution in [0.3, 0.4) is 0 Å². The third-order valence-electron chi connectivity index (χ3n) is 3.14. The van der Waals surface area contributed by atoms with Crippen LogP contribution in [0.2, 0.25) is 0 Å². The van der Waals surface area contributed by atoms with Crippen molar-refractivity contribution in [3.63, 3.8) is 0 Å². The number of alkyl halides is 3. The summed E-state index contributed by atoms with van der Waals surface area (Å²) < 4.78 is 48.9. The fraction of sp³-hybridized carbons (Fsp3) is 0.188. The average Bonchev–Trinajstić information content (AvgIpc) is 2.54. The molecule has 0 aliphatic carbocycles. The summed E-state index contributed by atoms with van der Waals surface area (Å²) in [5.74, 6) is 0.828. The van der Waals surface area contributed by atoms with Gasteiger partial charge in [0.1, 0.15) is 11.5 Å². The molecule has 0 heterocycles. The third kappa shape index (κ3) is 4.09. The van der Waals surface area contributed by atoms with Crippen molar-refractivity contribution >= 4 is 17.4 Å². The highest BCUT2D eigenvalue weighted by atomic mass is 19.4. The molecule has 0 aliphatic heterocycles. The average molecular weight is 340 g/mol. The Morgan fingerprint density at radius 3 is 2.25 bits per heavy atom. The van der Waals surface area contributed by atoms with Crippen molar-refractivity contribution in [2.75, 3.05) is 24.9 Å². The van der Waals surface area contributed by atoms with Crippen LogP contribution in [0.1, 0.15) is 5.56 Å². The Hall–Kier alpha value is -2.90. The van der Waals surface area contributed by atoms with Crippen LogP contribution in [-0.2, 0) is 6.18 Å². The molecule has 0 atom stereocenters. The van der Waals surface area contributed by atoms with E-state index < -0.39 is 17.8 Å². The largest absolute Gasteiger partial charge is 0.497 e. The van der Waals surface area contributed by atoms with Gasteiger partial charge in [0.25, 0.3) is 0 Å². The highest BCUT2D eigenvalue weighted by Crippen LogP contribution is 2.35. The molecule has 128 valence electrons. The second-order valence-corrected chi connectivity index (χ2v) is 4.69. The van der Waals surface area contributed by atoms with E-state index in [2.05, 4.69) is 10.6 Å². The number of benzene rings is 2. The number of methoxy groups -OCH3 is 2. The first-order valence-electron chi connectivity index (χ1n) is 6.81. The number of anilines is 2. The van der Waals surface area contributed by atoms with E-state index in [4.69, 9.17) is 9.47 Å². The molecule has 2 aromatic carbocycles. The van der Waals surface area contributed by atoms with Gasteiger partial charge in [0.15, 0.2) is 0 Å². The van der Waals surface area contributed by atoms with Crippen LogP contribution in [-0.4, -0.2) is 20.3 Å². The fourth-order valence-corrected chi connectivity index (χ4v) is 2.02. The molecule has 0 saturated heterocycles. The van der Waals surface area contributed by atoms with Crippen molar-refractivity contribution in [3.8, 4) is 11.5 Å². The van der Waals surface area contributed by atoms with Crippen molar-refractivity contribution in [1.82, 2.24) is 0 Å². The molecule has 0 saturated carbocycles. The summed E-state index contributed by atoms with van der Waals surface area (Å²) in [6.45, 7) is 0. The highest BCUT2D eigenvalue weighted by Gasteiger charge is 2.33. The van der Waals surface area contributed by atoms with Gasteiger partial charge < -0.3 is 20.1 Å². The van der Waals surface area contributed by atoms with Gasteiger partial charge in [-0.05, 0) is 24.3 Å². The molecular formula is C16H15F3N2O3. The van der Waals surface area contributed by atoms with E-state index in [9.17, 15) is 18.0 Å². The Balaban J connectivity index is 2.18. The van der Waals surface area contributed by atoms with E-state index >= 15 is 0 Å². The fourth-order valence-electron chi connectivity index (χ4n) is 2.02. The predicted octanol–water partition coefficient (Wildman–Crippen LogP) is 4.37. The molecular weight excluding hydrogens is 325 g/mol. The molecule has 2 N–H and O–H groups in total. The Labute approximate surface area is 136 Å². The minimum atomic E-state index is -4.57. The SMILES string of the molecule is COc1ccc(NC(=O)Nc2ccccc2C(F)(F)F)c(OC)c1. The molecule has 0 aromatic heterocycles. The Morgan fingerprint density at radius 2 is 1.62 bits per heavy atom. The van der Waals surface area contributed by atoms with E-state index in [1.807, 2.05) is 0 Å². The van der Waals surface area contributed by atoms with Crippen molar-refractivity contribution in [3.05, 3.63) is 48.0 Å². The maximum absolute atomic E-state index is 12.9. The van der Waals surface area contributed by atoms with Gasteiger partial charge in [0, 0.05) is 6.07 Å². The molecule has 0 unspecified atom stereocenters. The second kappa shape index (κ2) is 7.12. The molecule has 24 heavy (non-hydrogen) atoms. The van der Waals surface area contributed by atoms with Crippen LogP contribution in [0.4, 0.5) is 29.3 Å². The first-order valence-corrected chi connectivity index (χ1v) is 6.81. The first-order chi connectivity index (χ1) is 11.3. The smallest absolute Gasteiger partial charge is 0.418 e. The van der Waals surface area contributed by atoms with E-state index in [0.29, 0.717) is 17.2 Å². The van der Waals surface area contributed by atoms with Crippen molar-refractivity contribution < 1.29 is 27.4 Å². The van der Waals surface area contributed by atoms with E-state index in [1.54, 1.807) is 12.1 Å². The second-order valence-electron chi connectivity index (χ2n) is 4.69. The minimum absolute atomic E-state index is 0.292. The molecule has 0 fully saturated rings. The Bertz CT molecular complexity index is 733. The highest BCUT2D eigenvalue weighted by molar-refractivity contribution is 6.01. The number of carbonyl (C=O) groups excluding carboxylic acids is 1. The lowest BCUT2D eigenvalue weighted by molar-refractivity contribution is -0.136. The molecule has 8 heteroatoms. The van der Waals surface area contributed by atoms with Crippen LogP contribution in [0.15, 0.2) is 42.5 Å². The number of halogens is 3.